The maximum atomic E-state index is 11.7. The molecule has 0 aromatic rings. The van der Waals surface area contributed by atoms with Gasteiger partial charge in [0.15, 0.2) is 0 Å². The lowest BCUT2D eigenvalue weighted by atomic mass is 10.1. The van der Waals surface area contributed by atoms with Crippen LogP contribution in [0.25, 0.3) is 0 Å². The van der Waals surface area contributed by atoms with E-state index in [0.29, 0.717) is 12.8 Å². The fourth-order valence-corrected chi connectivity index (χ4v) is 2.85. The lowest BCUT2D eigenvalue weighted by Crippen LogP contribution is -2.26. The quantitative estimate of drug-likeness (QED) is 0.0423. The predicted octanol–water partition coefficient (Wildman–Crippen LogP) is 4.06. The molecular formula is C21H37O9P. The minimum Gasteiger partial charge on any atom is -0.457 e. The maximum absolute atomic E-state index is 11.7. The highest BCUT2D eigenvalue weighted by Crippen LogP contribution is 2.35. The van der Waals surface area contributed by atoms with Crippen molar-refractivity contribution in [1.82, 2.24) is 0 Å². The Morgan fingerprint density at radius 3 is 2.39 bits per heavy atom. The Morgan fingerprint density at radius 2 is 1.74 bits per heavy atom. The van der Waals surface area contributed by atoms with Crippen LogP contribution in [0, 0.1) is 0 Å². The van der Waals surface area contributed by atoms with Crippen LogP contribution in [-0.4, -0.2) is 51.5 Å². The zero-order valence-electron chi connectivity index (χ0n) is 18.2. The standard InChI is InChI=1S/C21H37O9P/c1-2-19(30-24)15-13-11-9-7-5-3-4-6-8-10-12-14-16-21(23)29-20(17-22)18-28-31(25,26)27/h3,5,9,11,13,15,19-20,22,24H,2,4,6-8,10,12,14,16-18H2,1H3,(H2,25,26,27)/b5-3-,11-9-,15-13+. The van der Waals surface area contributed by atoms with Gasteiger partial charge in [-0.15, -0.1) is 0 Å². The molecule has 0 aliphatic heterocycles. The number of ether oxygens (including phenoxy) is 1. The van der Waals surface area contributed by atoms with Crippen LogP contribution >= 0.6 is 7.82 Å². The fraction of sp³-hybridized carbons (Fsp3) is 0.667. The van der Waals surface area contributed by atoms with Gasteiger partial charge in [0.2, 0.25) is 0 Å². The van der Waals surface area contributed by atoms with E-state index < -0.39 is 33.1 Å². The molecule has 0 saturated heterocycles. The molecule has 2 unspecified atom stereocenters. The number of phosphoric ester groups is 1. The zero-order valence-corrected chi connectivity index (χ0v) is 19.1. The molecule has 0 spiro atoms. The van der Waals surface area contributed by atoms with Gasteiger partial charge in [-0.05, 0) is 32.1 Å². The number of carbonyl (C=O) groups excluding carboxylic acids is 1. The number of allylic oxidation sites excluding steroid dienone is 5. The first-order valence-corrected chi connectivity index (χ1v) is 12.1. The van der Waals surface area contributed by atoms with Crippen molar-refractivity contribution in [2.75, 3.05) is 13.2 Å². The summed E-state index contributed by atoms with van der Waals surface area (Å²) in [6, 6.07) is 0. The zero-order chi connectivity index (χ0) is 23.4. The first-order chi connectivity index (χ1) is 14.8. The molecule has 31 heavy (non-hydrogen) atoms. The minimum atomic E-state index is -4.66. The number of rotatable bonds is 19. The number of aliphatic hydroxyl groups excluding tert-OH is 1. The first-order valence-electron chi connectivity index (χ1n) is 10.6. The van der Waals surface area contributed by atoms with Crippen molar-refractivity contribution in [2.45, 2.75) is 76.9 Å². The Bertz CT molecular complexity index is 579. The molecule has 180 valence electrons. The minimum absolute atomic E-state index is 0.191. The highest BCUT2D eigenvalue weighted by atomic mass is 31.2. The van der Waals surface area contributed by atoms with E-state index in [1.807, 2.05) is 25.2 Å². The van der Waals surface area contributed by atoms with Crippen LogP contribution in [0.3, 0.4) is 0 Å². The highest BCUT2D eigenvalue weighted by Gasteiger charge is 2.20. The van der Waals surface area contributed by atoms with Gasteiger partial charge in [0, 0.05) is 6.42 Å². The Hall–Kier alpha value is -1.32. The molecular weight excluding hydrogens is 427 g/mol. The van der Waals surface area contributed by atoms with E-state index in [0.717, 1.165) is 38.5 Å². The van der Waals surface area contributed by atoms with Gasteiger partial charge in [-0.25, -0.2) is 9.45 Å². The summed E-state index contributed by atoms with van der Waals surface area (Å²) in [4.78, 5) is 33.2. The topological polar surface area (TPSA) is 143 Å². The van der Waals surface area contributed by atoms with Crippen LogP contribution in [0.1, 0.15) is 64.7 Å². The average molecular weight is 464 g/mol. The van der Waals surface area contributed by atoms with Gasteiger partial charge in [0.25, 0.3) is 0 Å². The van der Waals surface area contributed by atoms with Gasteiger partial charge < -0.3 is 19.6 Å². The number of esters is 1. The number of hydrogen-bond acceptors (Lipinski definition) is 7. The summed E-state index contributed by atoms with van der Waals surface area (Å²) in [6.07, 6.45) is 17.9. The molecule has 0 radical (unpaired) electrons. The molecule has 2 atom stereocenters. The predicted molar refractivity (Wildman–Crippen MR) is 117 cm³/mol. The van der Waals surface area contributed by atoms with Crippen LogP contribution < -0.4 is 0 Å². The van der Waals surface area contributed by atoms with Crippen molar-refractivity contribution in [1.29, 1.82) is 0 Å². The summed E-state index contributed by atoms with van der Waals surface area (Å²) in [5, 5.41) is 17.6. The molecule has 10 heteroatoms. The molecule has 0 amide bonds. The second-order valence-corrected chi connectivity index (χ2v) is 8.20. The molecule has 0 aromatic heterocycles. The fourth-order valence-electron chi connectivity index (χ4n) is 2.49. The summed E-state index contributed by atoms with van der Waals surface area (Å²) < 4.78 is 19.8. The van der Waals surface area contributed by atoms with Crippen LogP contribution in [0.5, 0.6) is 0 Å². The number of phosphoric acid groups is 1. The van der Waals surface area contributed by atoms with Crippen molar-refractivity contribution >= 4 is 13.8 Å². The molecule has 0 heterocycles. The monoisotopic (exact) mass is 464 g/mol. The molecule has 0 fully saturated rings. The second-order valence-electron chi connectivity index (χ2n) is 6.96. The van der Waals surface area contributed by atoms with Gasteiger partial charge in [-0.2, -0.15) is 0 Å². The highest BCUT2D eigenvalue weighted by molar-refractivity contribution is 7.46. The molecule has 4 N–H and O–H groups in total. The summed E-state index contributed by atoms with van der Waals surface area (Å²) in [7, 11) is -4.66. The van der Waals surface area contributed by atoms with Gasteiger partial charge in [-0.1, -0.05) is 62.6 Å². The van der Waals surface area contributed by atoms with Crippen LogP contribution in [0.15, 0.2) is 36.5 Å². The van der Waals surface area contributed by atoms with Crippen LogP contribution in [-0.2, 0) is 23.5 Å². The molecule has 0 saturated carbocycles. The van der Waals surface area contributed by atoms with E-state index in [-0.39, 0.29) is 12.5 Å². The van der Waals surface area contributed by atoms with E-state index in [1.165, 1.54) is 0 Å². The Kier molecular flexibility index (Phi) is 18.5. The van der Waals surface area contributed by atoms with E-state index in [4.69, 9.17) is 24.9 Å². The molecule has 9 nitrogen and oxygen atoms in total. The largest absolute Gasteiger partial charge is 0.469 e. The van der Waals surface area contributed by atoms with Crippen molar-refractivity contribution in [2.24, 2.45) is 0 Å². The van der Waals surface area contributed by atoms with Crippen molar-refractivity contribution in [3.05, 3.63) is 36.5 Å². The third-order valence-electron chi connectivity index (χ3n) is 4.23. The second kappa shape index (κ2) is 19.4. The molecule has 0 rings (SSSR count). The van der Waals surface area contributed by atoms with Gasteiger partial charge in [0.05, 0.1) is 13.2 Å². The number of aliphatic hydroxyl groups is 1. The summed E-state index contributed by atoms with van der Waals surface area (Å²) in [5.74, 6) is -0.520. The number of hydrogen-bond donors (Lipinski definition) is 4. The first kappa shape index (κ1) is 29.7. The van der Waals surface area contributed by atoms with Gasteiger partial charge >= 0.3 is 13.8 Å². The Morgan fingerprint density at radius 1 is 1.03 bits per heavy atom. The van der Waals surface area contributed by atoms with E-state index in [9.17, 15) is 9.36 Å². The number of carbonyl (C=O) groups is 1. The lowest BCUT2D eigenvalue weighted by Gasteiger charge is -2.15. The smallest absolute Gasteiger partial charge is 0.457 e. The number of unbranched alkanes of at least 4 members (excludes halogenated alkanes) is 5. The van der Waals surface area contributed by atoms with E-state index >= 15 is 0 Å². The van der Waals surface area contributed by atoms with Crippen molar-refractivity contribution in [3.8, 4) is 0 Å². The van der Waals surface area contributed by atoms with Crippen LogP contribution in [0.2, 0.25) is 0 Å². The van der Waals surface area contributed by atoms with Crippen molar-refractivity contribution in [3.63, 3.8) is 0 Å². The maximum Gasteiger partial charge on any atom is 0.469 e. The van der Waals surface area contributed by atoms with Crippen molar-refractivity contribution < 1.29 is 43.7 Å². The Labute approximate surface area is 184 Å². The van der Waals surface area contributed by atoms with Gasteiger partial charge in [0.1, 0.15) is 12.2 Å². The third kappa shape index (κ3) is 20.3. The molecule has 0 aliphatic carbocycles. The average Bonchev–Trinajstić information content (AvgIpc) is 2.73. The van der Waals surface area contributed by atoms with E-state index in [1.54, 1.807) is 6.08 Å². The normalized spacial score (nSPS) is 14.6. The van der Waals surface area contributed by atoms with E-state index in [2.05, 4.69) is 21.6 Å². The third-order valence-corrected chi connectivity index (χ3v) is 4.72. The Balaban J connectivity index is 3.66. The van der Waals surface area contributed by atoms with Gasteiger partial charge in [-0.3, -0.25) is 14.6 Å². The lowest BCUT2D eigenvalue weighted by molar-refractivity contribution is -0.266. The molecule has 0 aromatic carbocycles. The van der Waals surface area contributed by atoms with Crippen LogP contribution in [0.4, 0.5) is 0 Å². The SMILES string of the molecule is CCC(/C=C/C=C\C/C=C\CCCCCCCC(=O)OC(CO)COP(=O)(O)O)OO. The summed E-state index contributed by atoms with van der Waals surface area (Å²) in [6.45, 7) is 0.811. The molecule has 0 aliphatic rings. The summed E-state index contributed by atoms with van der Waals surface area (Å²) in [5.41, 5.74) is 0. The summed E-state index contributed by atoms with van der Waals surface area (Å²) >= 11 is 0. The molecule has 0 bridgehead atoms.